The van der Waals surface area contributed by atoms with Gasteiger partial charge >= 0.3 is 0 Å². The number of guanidine groups is 1. The largest absolute Gasteiger partial charge is 0.369 e. The van der Waals surface area contributed by atoms with Gasteiger partial charge in [-0.2, -0.15) is 0 Å². The van der Waals surface area contributed by atoms with Crippen LogP contribution in [0.3, 0.4) is 0 Å². The number of likely N-dealkylation sites (N-methyl/N-ethyl adjacent to an activating group) is 1. The van der Waals surface area contributed by atoms with Crippen LogP contribution in [0.2, 0.25) is 0 Å². The van der Waals surface area contributed by atoms with E-state index in [9.17, 15) is 4.79 Å². The first-order chi connectivity index (χ1) is 15.9. The summed E-state index contributed by atoms with van der Waals surface area (Å²) in [6.45, 7) is 2.11. The first-order valence-corrected chi connectivity index (χ1v) is 11.8. The summed E-state index contributed by atoms with van der Waals surface area (Å²) in [5.41, 5.74) is 13.7. The number of hydrogen-bond acceptors (Lipinski definition) is 3. The van der Waals surface area contributed by atoms with Gasteiger partial charge in [0.05, 0.1) is 0 Å². The summed E-state index contributed by atoms with van der Waals surface area (Å²) in [6.07, 6.45) is 4.64. The van der Waals surface area contributed by atoms with Gasteiger partial charge < -0.3 is 5.73 Å². The molecule has 0 fully saturated rings. The van der Waals surface area contributed by atoms with Crippen molar-refractivity contribution >= 4 is 11.9 Å². The molecule has 6 rings (SSSR count). The first-order valence-electron chi connectivity index (χ1n) is 11.8. The number of fused-ring (bicyclic) bond motifs is 4. The number of rotatable bonds is 1. The zero-order valence-corrected chi connectivity index (χ0v) is 19.3. The van der Waals surface area contributed by atoms with E-state index in [1.165, 1.54) is 22.3 Å². The number of benzene rings is 3. The Bertz CT molecular complexity index is 1300. The second-order valence-electron chi connectivity index (χ2n) is 10.0. The molecule has 1 unspecified atom stereocenters. The van der Waals surface area contributed by atoms with Crippen molar-refractivity contribution in [1.82, 2.24) is 4.90 Å². The van der Waals surface area contributed by atoms with Crippen LogP contribution >= 0.6 is 0 Å². The average molecular weight is 436 g/mol. The number of hydrogen-bond donors (Lipinski definition) is 1. The maximum atomic E-state index is 14.0. The van der Waals surface area contributed by atoms with Gasteiger partial charge in [-0.1, -0.05) is 66.2 Å². The molecule has 2 spiro atoms. The van der Waals surface area contributed by atoms with Crippen LogP contribution in [0.1, 0.15) is 40.7 Å². The zero-order valence-electron chi connectivity index (χ0n) is 19.3. The van der Waals surface area contributed by atoms with E-state index in [0.717, 1.165) is 48.8 Å². The van der Waals surface area contributed by atoms with Crippen LogP contribution in [-0.4, -0.2) is 23.8 Å². The fourth-order valence-electron chi connectivity index (χ4n) is 6.47. The Morgan fingerprint density at radius 3 is 2.21 bits per heavy atom. The number of aliphatic imine (C=N–C) groups is 1. The summed E-state index contributed by atoms with van der Waals surface area (Å²) in [5, 5.41) is 0. The third-order valence-electron chi connectivity index (χ3n) is 8.25. The minimum absolute atomic E-state index is 0.0195. The molecule has 0 aromatic heterocycles. The Balaban J connectivity index is 1.53. The molecule has 1 aliphatic heterocycles. The molecule has 4 heteroatoms. The smallest absolute Gasteiger partial charge is 0.262 e. The molecule has 0 radical (unpaired) electrons. The van der Waals surface area contributed by atoms with Crippen molar-refractivity contribution < 1.29 is 4.79 Å². The Kier molecular flexibility index (Phi) is 4.32. The topological polar surface area (TPSA) is 58.7 Å². The van der Waals surface area contributed by atoms with Gasteiger partial charge in [-0.15, -0.1) is 0 Å². The number of nitrogens with two attached hydrogens (primary N) is 1. The fraction of sp³-hybridized carbons (Fsp3) is 0.310. The van der Waals surface area contributed by atoms with Crippen molar-refractivity contribution in [3.05, 3.63) is 94.5 Å². The summed E-state index contributed by atoms with van der Waals surface area (Å²) in [5.74, 6) is 0.348. The van der Waals surface area contributed by atoms with Crippen LogP contribution in [0.5, 0.6) is 0 Å². The molecule has 3 aromatic carbocycles. The van der Waals surface area contributed by atoms with E-state index in [-0.39, 0.29) is 11.3 Å². The van der Waals surface area contributed by atoms with E-state index in [1.54, 1.807) is 11.9 Å². The zero-order chi connectivity index (χ0) is 22.8. The molecular formula is C29H29N3O. The van der Waals surface area contributed by atoms with Crippen molar-refractivity contribution in [3.63, 3.8) is 0 Å². The van der Waals surface area contributed by atoms with E-state index in [0.29, 0.717) is 5.96 Å². The normalized spacial score (nSPS) is 22.9. The standard InChI is InChI=1S/C29H29N3O/c1-19-6-5-9-22(16-19)23-10-11-24-18-28(14-12-20-7-3-4-8-21(20)13-15-28)29(25(24)17-23)26(33)32(2)27(30)31-29/h3-11,16-17H,12-15,18H2,1-2H3,(H2,30,31). The Morgan fingerprint density at radius 2 is 1.58 bits per heavy atom. The van der Waals surface area contributed by atoms with Crippen LogP contribution in [0.15, 0.2) is 71.7 Å². The van der Waals surface area contributed by atoms with Crippen LogP contribution in [-0.2, 0) is 29.6 Å². The van der Waals surface area contributed by atoms with E-state index in [2.05, 4.69) is 73.7 Å². The summed E-state index contributed by atoms with van der Waals surface area (Å²) in [6, 6.07) is 23.9. The number of carbonyl (C=O) groups excluding carboxylic acids is 1. The van der Waals surface area contributed by atoms with Gasteiger partial charge in [0.1, 0.15) is 0 Å². The van der Waals surface area contributed by atoms with E-state index >= 15 is 0 Å². The third kappa shape index (κ3) is 2.76. The molecule has 166 valence electrons. The molecule has 1 atom stereocenters. The van der Waals surface area contributed by atoms with Crippen LogP contribution < -0.4 is 5.73 Å². The van der Waals surface area contributed by atoms with Crippen LogP contribution in [0.4, 0.5) is 0 Å². The highest BCUT2D eigenvalue weighted by molar-refractivity contribution is 6.08. The Morgan fingerprint density at radius 1 is 0.879 bits per heavy atom. The van der Waals surface area contributed by atoms with E-state index in [1.807, 2.05) is 0 Å². The highest BCUT2D eigenvalue weighted by atomic mass is 16.2. The molecular weight excluding hydrogens is 406 g/mol. The van der Waals surface area contributed by atoms with Gasteiger partial charge in [-0.25, -0.2) is 4.99 Å². The van der Waals surface area contributed by atoms with Gasteiger partial charge in [0.25, 0.3) is 5.91 Å². The molecule has 3 aromatic rings. The lowest BCUT2D eigenvalue weighted by molar-refractivity contribution is -0.135. The van der Waals surface area contributed by atoms with Crippen molar-refractivity contribution in [1.29, 1.82) is 0 Å². The molecule has 3 aliphatic rings. The molecule has 0 bridgehead atoms. The van der Waals surface area contributed by atoms with Gasteiger partial charge in [0, 0.05) is 12.5 Å². The van der Waals surface area contributed by atoms with Crippen molar-refractivity contribution in [2.24, 2.45) is 16.1 Å². The van der Waals surface area contributed by atoms with E-state index < -0.39 is 5.54 Å². The number of nitrogens with zero attached hydrogens (tertiary/aromatic N) is 2. The summed E-state index contributed by atoms with van der Waals surface area (Å²) in [7, 11) is 1.76. The summed E-state index contributed by atoms with van der Waals surface area (Å²) < 4.78 is 0. The van der Waals surface area contributed by atoms with Gasteiger partial charge in [-0.05, 0) is 78.5 Å². The van der Waals surface area contributed by atoms with Gasteiger partial charge in [0.15, 0.2) is 11.5 Å². The molecule has 4 nitrogen and oxygen atoms in total. The minimum Gasteiger partial charge on any atom is -0.369 e. The molecule has 0 saturated heterocycles. The SMILES string of the molecule is Cc1cccc(-c2ccc3c(c2)C2(N=C(N)N(C)C2=O)C2(CCc4ccccc4CC2)C3)c1. The molecule has 2 aliphatic carbocycles. The maximum absolute atomic E-state index is 14.0. The predicted octanol–water partition coefficient (Wildman–Crippen LogP) is 4.77. The average Bonchev–Trinajstić information content (AvgIpc) is 3.12. The summed E-state index contributed by atoms with van der Waals surface area (Å²) in [4.78, 5) is 20.6. The molecule has 2 N–H and O–H groups in total. The fourth-order valence-corrected chi connectivity index (χ4v) is 6.47. The Hall–Kier alpha value is -3.40. The van der Waals surface area contributed by atoms with Gasteiger partial charge in [0.2, 0.25) is 0 Å². The second-order valence-corrected chi connectivity index (χ2v) is 10.0. The van der Waals surface area contributed by atoms with Crippen molar-refractivity contribution in [2.45, 2.75) is 44.6 Å². The van der Waals surface area contributed by atoms with Crippen molar-refractivity contribution in [3.8, 4) is 11.1 Å². The first kappa shape index (κ1) is 20.2. The summed E-state index contributed by atoms with van der Waals surface area (Å²) >= 11 is 0. The molecule has 1 heterocycles. The number of carbonyl (C=O) groups is 1. The molecule has 0 saturated carbocycles. The quantitative estimate of drug-likeness (QED) is 0.599. The lowest BCUT2D eigenvalue weighted by Crippen LogP contribution is -2.49. The molecule has 33 heavy (non-hydrogen) atoms. The molecule has 1 amide bonds. The monoisotopic (exact) mass is 435 g/mol. The van der Waals surface area contributed by atoms with Crippen LogP contribution in [0.25, 0.3) is 11.1 Å². The van der Waals surface area contributed by atoms with Crippen LogP contribution in [0, 0.1) is 12.3 Å². The number of amides is 1. The third-order valence-corrected chi connectivity index (χ3v) is 8.25. The highest BCUT2D eigenvalue weighted by Crippen LogP contribution is 2.61. The van der Waals surface area contributed by atoms with E-state index in [4.69, 9.17) is 10.7 Å². The second kappa shape index (κ2) is 7.05. The lowest BCUT2D eigenvalue weighted by atomic mass is 9.65. The predicted molar refractivity (Wildman–Crippen MR) is 132 cm³/mol. The van der Waals surface area contributed by atoms with Gasteiger partial charge in [-0.3, -0.25) is 9.69 Å². The highest BCUT2D eigenvalue weighted by Gasteiger charge is 2.65. The lowest BCUT2D eigenvalue weighted by Gasteiger charge is -2.40. The maximum Gasteiger partial charge on any atom is 0.262 e. The minimum atomic E-state index is -0.941. The Labute approximate surface area is 195 Å². The van der Waals surface area contributed by atoms with Crippen molar-refractivity contribution in [2.75, 3.05) is 7.05 Å². The number of aryl methyl sites for hydroxylation is 3.